The van der Waals surface area contributed by atoms with Gasteiger partial charge in [0.2, 0.25) is 0 Å². The summed E-state index contributed by atoms with van der Waals surface area (Å²) in [5.41, 5.74) is -0.329. The van der Waals surface area contributed by atoms with Crippen LogP contribution in [0.3, 0.4) is 0 Å². The van der Waals surface area contributed by atoms with Crippen LogP contribution in [-0.2, 0) is 11.0 Å². The first-order valence-corrected chi connectivity index (χ1v) is 10.7. The molecule has 1 N–H and O–H groups in total. The van der Waals surface area contributed by atoms with E-state index in [-0.39, 0.29) is 36.9 Å². The summed E-state index contributed by atoms with van der Waals surface area (Å²) in [6.07, 6.45) is -3.11. The van der Waals surface area contributed by atoms with Crippen LogP contribution < -0.4 is 4.90 Å². The molecule has 33 heavy (non-hydrogen) atoms. The van der Waals surface area contributed by atoms with Crippen molar-refractivity contribution in [3.05, 3.63) is 81.4 Å². The summed E-state index contributed by atoms with van der Waals surface area (Å²) < 4.78 is 45.0. The van der Waals surface area contributed by atoms with Crippen LogP contribution in [0, 0.1) is 0 Å². The number of halogens is 4. The van der Waals surface area contributed by atoms with Crippen LogP contribution >= 0.6 is 35.6 Å². The van der Waals surface area contributed by atoms with Crippen molar-refractivity contribution in [2.45, 2.75) is 6.18 Å². The zero-order valence-corrected chi connectivity index (χ0v) is 18.6. The Hall–Kier alpha value is -3.08. The lowest BCUT2D eigenvalue weighted by Crippen LogP contribution is -2.27. The Morgan fingerprint density at radius 2 is 1.82 bits per heavy atom. The molecule has 2 heterocycles. The normalized spacial score (nSPS) is 15.5. The van der Waals surface area contributed by atoms with E-state index in [1.807, 2.05) is 0 Å². The van der Waals surface area contributed by atoms with Crippen LogP contribution in [0.1, 0.15) is 21.7 Å². The molecule has 1 amide bonds. The minimum absolute atomic E-state index is 0.0658. The Bertz CT molecular complexity index is 1320. The van der Waals surface area contributed by atoms with Gasteiger partial charge in [0.15, 0.2) is 4.32 Å². The average molecular weight is 510 g/mol. The van der Waals surface area contributed by atoms with Crippen LogP contribution in [0.5, 0.6) is 0 Å². The molecule has 0 radical (unpaired) electrons. The van der Waals surface area contributed by atoms with Crippen molar-refractivity contribution in [1.82, 2.24) is 0 Å². The van der Waals surface area contributed by atoms with E-state index in [9.17, 15) is 22.8 Å². The quantitative estimate of drug-likeness (QED) is 0.311. The van der Waals surface area contributed by atoms with E-state index in [1.54, 1.807) is 0 Å². The number of carboxylic acid groups (broad SMARTS) is 1. The number of anilines is 1. The molecule has 0 aliphatic carbocycles. The van der Waals surface area contributed by atoms with Gasteiger partial charge >= 0.3 is 12.1 Å². The van der Waals surface area contributed by atoms with E-state index in [0.29, 0.717) is 5.69 Å². The number of aromatic carboxylic acids is 1. The molecule has 4 rings (SSSR count). The highest BCUT2D eigenvalue weighted by Crippen LogP contribution is 2.39. The number of furan rings is 1. The van der Waals surface area contributed by atoms with Crippen molar-refractivity contribution in [2.24, 2.45) is 0 Å². The molecule has 1 aliphatic heterocycles. The molecule has 5 nitrogen and oxygen atoms in total. The molecule has 1 saturated heterocycles. The third kappa shape index (κ3) is 4.68. The van der Waals surface area contributed by atoms with Crippen LogP contribution in [0.25, 0.3) is 17.4 Å². The maximum Gasteiger partial charge on any atom is 0.416 e. The Balaban J connectivity index is 1.61. The summed E-state index contributed by atoms with van der Waals surface area (Å²) in [5, 5.41) is 9.10. The van der Waals surface area contributed by atoms with Crippen molar-refractivity contribution in [1.29, 1.82) is 0 Å². The van der Waals surface area contributed by atoms with Gasteiger partial charge in [0.25, 0.3) is 5.91 Å². The van der Waals surface area contributed by atoms with E-state index >= 15 is 0 Å². The zero-order valence-electron chi connectivity index (χ0n) is 16.2. The van der Waals surface area contributed by atoms with Gasteiger partial charge < -0.3 is 9.52 Å². The number of thioether (sulfide) groups is 1. The van der Waals surface area contributed by atoms with Gasteiger partial charge in [-0.25, -0.2) is 4.79 Å². The van der Waals surface area contributed by atoms with Crippen LogP contribution in [0.2, 0.25) is 5.02 Å². The summed E-state index contributed by atoms with van der Waals surface area (Å²) in [6.45, 7) is 0. The number of rotatable bonds is 4. The maximum absolute atomic E-state index is 13.0. The minimum Gasteiger partial charge on any atom is -0.478 e. The lowest BCUT2D eigenvalue weighted by atomic mass is 10.1. The number of nitrogens with zero attached hydrogens (tertiary/aromatic N) is 1. The van der Waals surface area contributed by atoms with Crippen molar-refractivity contribution in [3.8, 4) is 11.3 Å². The fourth-order valence-corrected chi connectivity index (χ4v) is 4.53. The Morgan fingerprint density at radius 3 is 2.45 bits per heavy atom. The Kier molecular flexibility index (Phi) is 6.08. The van der Waals surface area contributed by atoms with E-state index in [1.165, 1.54) is 47.4 Å². The fourth-order valence-electron chi connectivity index (χ4n) is 3.04. The van der Waals surface area contributed by atoms with E-state index < -0.39 is 23.6 Å². The van der Waals surface area contributed by atoms with Gasteiger partial charge in [0.1, 0.15) is 11.5 Å². The summed E-state index contributed by atoms with van der Waals surface area (Å²) in [6, 6.07) is 11.5. The highest BCUT2D eigenvalue weighted by atomic mass is 35.5. The molecule has 3 aromatic rings. The number of thiocarbonyl (C=S) groups is 1. The minimum atomic E-state index is -4.54. The number of carbonyl (C=O) groups is 2. The number of hydrogen-bond acceptors (Lipinski definition) is 5. The average Bonchev–Trinajstić information content (AvgIpc) is 3.32. The number of amides is 1. The molecule has 0 atom stereocenters. The molecule has 0 saturated carbocycles. The fraction of sp³-hybridized carbons (Fsp3) is 0.0455. The summed E-state index contributed by atoms with van der Waals surface area (Å²) in [7, 11) is 0. The molecule has 2 aromatic carbocycles. The number of carbonyl (C=O) groups excluding carboxylic acids is 1. The second kappa shape index (κ2) is 8.69. The molecule has 1 aromatic heterocycles. The lowest BCUT2D eigenvalue weighted by Gasteiger charge is -2.14. The Labute approximate surface area is 199 Å². The first-order chi connectivity index (χ1) is 15.5. The number of hydrogen-bond donors (Lipinski definition) is 1. The second-order valence-corrected chi connectivity index (χ2v) is 8.85. The van der Waals surface area contributed by atoms with E-state index in [2.05, 4.69) is 0 Å². The SMILES string of the molecule is O=C(O)c1ccc(N2C(=O)/C(=C\c3ccc(-c4cc(C(F)(F)F)ccc4Cl)o3)SC2=S)cc1. The van der Waals surface area contributed by atoms with Gasteiger partial charge in [-0.1, -0.05) is 35.6 Å². The lowest BCUT2D eigenvalue weighted by molar-refractivity contribution is -0.137. The Morgan fingerprint density at radius 1 is 1.12 bits per heavy atom. The van der Waals surface area contributed by atoms with Gasteiger partial charge in [-0.3, -0.25) is 9.69 Å². The van der Waals surface area contributed by atoms with Crippen molar-refractivity contribution < 1.29 is 32.3 Å². The van der Waals surface area contributed by atoms with E-state index in [0.717, 1.165) is 30.0 Å². The molecule has 0 spiro atoms. The maximum atomic E-state index is 13.0. The first-order valence-electron chi connectivity index (χ1n) is 9.13. The first kappa shape index (κ1) is 23.1. The zero-order chi connectivity index (χ0) is 23.9. The third-order valence-corrected chi connectivity index (χ3v) is 6.26. The van der Waals surface area contributed by atoms with E-state index in [4.69, 9.17) is 33.3 Å². The number of benzene rings is 2. The predicted molar refractivity (Wildman–Crippen MR) is 123 cm³/mol. The number of alkyl halides is 3. The van der Waals surface area contributed by atoms with Crippen LogP contribution in [0.15, 0.2) is 63.9 Å². The molecule has 168 valence electrons. The van der Waals surface area contributed by atoms with Gasteiger partial charge in [-0.2, -0.15) is 13.2 Å². The van der Waals surface area contributed by atoms with Gasteiger partial charge in [0.05, 0.1) is 26.7 Å². The summed E-state index contributed by atoms with van der Waals surface area (Å²) in [5.74, 6) is -1.21. The van der Waals surface area contributed by atoms with Crippen LogP contribution in [0.4, 0.5) is 18.9 Å². The number of carboxylic acids is 1. The van der Waals surface area contributed by atoms with Crippen LogP contribution in [-0.4, -0.2) is 21.3 Å². The molecule has 11 heteroatoms. The highest BCUT2D eigenvalue weighted by Gasteiger charge is 2.34. The molecule has 0 bridgehead atoms. The van der Waals surface area contributed by atoms with Crippen molar-refractivity contribution in [3.63, 3.8) is 0 Å². The standard InChI is InChI=1S/C22H11ClF3NO4S2/c23-16-7-3-12(22(24,25)26)9-15(16)17-8-6-14(31-17)10-18-19(28)27(21(32)33-18)13-4-1-11(2-5-13)20(29)30/h1-10H,(H,29,30)/b18-10+. The topological polar surface area (TPSA) is 70.8 Å². The third-order valence-electron chi connectivity index (χ3n) is 4.63. The molecule has 1 aliphatic rings. The molecular weight excluding hydrogens is 499 g/mol. The molecule has 1 fully saturated rings. The molecular formula is C22H11ClF3NO4S2. The van der Waals surface area contributed by atoms with Gasteiger partial charge in [0, 0.05) is 11.6 Å². The summed E-state index contributed by atoms with van der Waals surface area (Å²) in [4.78, 5) is 25.4. The summed E-state index contributed by atoms with van der Waals surface area (Å²) >= 11 is 12.4. The largest absolute Gasteiger partial charge is 0.478 e. The van der Waals surface area contributed by atoms with Gasteiger partial charge in [-0.05, 0) is 54.6 Å². The smallest absolute Gasteiger partial charge is 0.416 e. The highest BCUT2D eigenvalue weighted by molar-refractivity contribution is 8.27. The van der Waals surface area contributed by atoms with Crippen molar-refractivity contribution >= 4 is 63.5 Å². The second-order valence-electron chi connectivity index (χ2n) is 6.76. The van der Waals surface area contributed by atoms with Gasteiger partial charge in [-0.15, -0.1) is 0 Å². The monoisotopic (exact) mass is 509 g/mol. The predicted octanol–water partition coefficient (Wildman–Crippen LogP) is 6.72. The molecule has 0 unspecified atom stereocenters. The van der Waals surface area contributed by atoms with Crippen molar-refractivity contribution in [2.75, 3.05) is 4.90 Å².